The molecule has 1 aliphatic rings. The number of rotatable bonds is 2. The molecule has 0 bridgehead atoms. The van der Waals surface area contributed by atoms with Gasteiger partial charge in [-0.15, -0.1) is 0 Å². The molecule has 2 rings (SSSR count). The summed E-state index contributed by atoms with van der Waals surface area (Å²) in [5.41, 5.74) is 1.45. The summed E-state index contributed by atoms with van der Waals surface area (Å²) in [4.78, 5) is 26.5. The van der Waals surface area contributed by atoms with Crippen molar-refractivity contribution in [2.45, 2.75) is 19.8 Å². The monoisotopic (exact) mass is 265 g/mol. The number of Topliss-reactive ketones (excluding diaryl/α,β-unsaturated/α-hetero) is 1. The molecule has 0 amide bonds. The number of aliphatic imine (C=N–C) groups is 1. The largest absolute Gasteiger partial charge is 0.478 e. The smallest absolute Gasteiger partial charge is 0.335 e. The van der Waals surface area contributed by atoms with E-state index >= 15 is 0 Å². The van der Waals surface area contributed by atoms with Crippen LogP contribution in [0.2, 0.25) is 5.02 Å². The van der Waals surface area contributed by atoms with Crippen molar-refractivity contribution in [2.75, 3.05) is 0 Å². The van der Waals surface area contributed by atoms with Crippen LogP contribution in [0.15, 0.2) is 23.2 Å². The summed E-state index contributed by atoms with van der Waals surface area (Å²) in [6, 6.07) is 4.38. The summed E-state index contributed by atoms with van der Waals surface area (Å²) in [5, 5.41) is 9.11. The zero-order valence-corrected chi connectivity index (χ0v) is 10.6. The van der Waals surface area contributed by atoms with Crippen molar-refractivity contribution in [3.8, 4) is 0 Å². The number of hydrogen-bond donors (Lipinski definition) is 1. The Morgan fingerprint density at radius 2 is 2.17 bits per heavy atom. The molecule has 1 fully saturated rings. The molecule has 4 nitrogen and oxygen atoms in total. The molecular formula is C13H12ClNO3. The third kappa shape index (κ3) is 2.43. The van der Waals surface area contributed by atoms with Crippen LogP contribution in [0.3, 0.4) is 0 Å². The van der Waals surface area contributed by atoms with Gasteiger partial charge in [-0.05, 0) is 24.6 Å². The summed E-state index contributed by atoms with van der Waals surface area (Å²) >= 11 is 5.98. The first-order valence-electron chi connectivity index (χ1n) is 5.62. The third-order valence-corrected chi connectivity index (χ3v) is 3.37. The van der Waals surface area contributed by atoms with Crippen LogP contribution >= 0.6 is 11.6 Å². The van der Waals surface area contributed by atoms with Gasteiger partial charge in [0.2, 0.25) is 0 Å². The Hall–Kier alpha value is -1.68. The van der Waals surface area contributed by atoms with E-state index in [2.05, 4.69) is 4.99 Å². The van der Waals surface area contributed by atoms with Crippen LogP contribution in [-0.2, 0) is 4.79 Å². The quantitative estimate of drug-likeness (QED) is 0.893. The first-order chi connectivity index (χ1) is 8.49. The molecule has 1 aliphatic carbocycles. The lowest BCUT2D eigenvalue weighted by atomic mass is 10.1. The second kappa shape index (κ2) is 4.90. The van der Waals surface area contributed by atoms with Crippen LogP contribution in [0.25, 0.3) is 0 Å². The number of carbonyl (C=O) groups excluding carboxylic acids is 1. The molecule has 1 aromatic carbocycles. The Morgan fingerprint density at radius 3 is 2.67 bits per heavy atom. The van der Waals surface area contributed by atoms with Gasteiger partial charge in [-0.25, -0.2) is 4.79 Å². The minimum Gasteiger partial charge on any atom is -0.478 e. The Bertz CT molecular complexity index is 551. The number of nitrogens with zero attached hydrogens (tertiary/aromatic N) is 1. The maximum absolute atomic E-state index is 11.4. The molecule has 1 N–H and O–H groups in total. The minimum absolute atomic E-state index is 0.125. The molecule has 94 valence electrons. The van der Waals surface area contributed by atoms with Crippen LogP contribution in [0.5, 0.6) is 0 Å². The van der Waals surface area contributed by atoms with Crippen LogP contribution in [0.1, 0.15) is 30.1 Å². The van der Waals surface area contributed by atoms with Crippen molar-refractivity contribution in [2.24, 2.45) is 10.9 Å². The van der Waals surface area contributed by atoms with Gasteiger partial charge in [-0.2, -0.15) is 0 Å². The van der Waals surface area contributed by atoms with E-state index in [1.165, 1.54) is 12.1 Å². The third-order valence-electron chi connectivity index (χ3n) is 3.07. The number of carbonyl (C=O) groups is 2. The number of ketones is 1. The molecule has 5 heteroatoms. The predicted molar refractivity (Wildman–Crippen MR) is 68.9 cm³/mol. The molecule has 1 atom stereocenters. The number of carboxylic acid groups (broad SMARTS) is 1. The van der Waals surface area contributed by atoms with E-state index in [9.17, 15) is 9.59 Å². The van der Waals surface area contributed by atoms with Gasteiger partial charge in [0, 0.05) is 12.1 Å². The first-order valence-corrected chi connectivity index (χ1v) is 6.00. The number of hydrogen-bond acceptors (Lipinski definition) is 3. The van der Waals surface area contributed by atoms with Gasteiger partial charge in [0.05, 0.1) is 22.2 Å². The SMILES string of the molecule is CC1C(=O)CCC1=Nc1ccc(C(=O)O)cc1Cl. The zero-order valence-electron chi connectivity index (χ0n) is 9.81. The lowest BCUT2D eigenvalue weighted by Crippen LogP contribution is -2.09. The van der Waals surface area contributed by atoms with Crippen LogP contribution in [0, 0.1) is 5.92 Å². The summed E-state index contributed by atoms with van der Waals surface area (Å²) < 4.78 is 0. The van der Waals surface area contributed by atoms with Gasteiger partial charge in [0.15, 0.2) is 0 Å². The number of carboxylic acids is 1. The second-order valence-electron chi connectivity index (χ2n) is 4.26. The van der Waals surface area contributed by atoms with E-state index in [0.29, 0.717) is 18.5 Å². The van der Waals surface area contributed by atoms with E-state index < -0.39 is 5.97 Å². The summed E-state index contributed by atoms with van der Waals surface area (Å²) in [6.45, 7) is 1.83. The van der Waals surface area contributed by atoms with E-state index in [1.54, 1.807) is 6.07 Å². The second-order valence-corrected chi connectivity index (χ2v) is 4.67. The summed E-state index contributed by atoms with van der Waals surface area (Å²) in [5.74, 6) is -1.01. The topological polar surface area (TPSA) is 66.7 Å². The molecule has 18 heavy (non-hydrogen) atoms. The van der Waals surface area contributed by atoms with Gasteiger partial charge < -0.3 is 5.11 Å². The fraction of sp³-hybridized carbons (Fsp3) is 0.308. The fourth-order valence-corrected chi connectivity index (χ4v) is 2.13. The maximum atomic E-state index is 11.4. The highest BCUT2D eigenvalue weighted by Gasteiger charge is 2.26. The van der Waals surface area contributed by atoms with Crippen molar-refractivity contribution < 1.29 is 14.7 Å². The highest BCUT2D eigenvalue weighted by molar-refractivity contribution is 6.33. The van der Waals surface area contributed by atoms with Crippen molar-refractivity contribution in [1.29, 1.82) is 0 Å². The van der Waals surface area contributed by atoms with Crippen molar-refractivity contribution in [3.63, 3.8) is 0 Å². The Balaban J connectivity index is 2.33. The van der Waals surface area contributed by atoms with Gasteiger partial charge in [-0.3, -0.25) is 9.79 Å². The van der Waals surface area contributed by atoms with E-state index in [-0.39, 0.29) is 22.3 Å². The minimum atomic E-state index is -1.03. The lowest BCUT2D eigenvalue weighted by molar-refractivity contribution is -0.119. The molecule has 1 saturated carbocycles. The molecule has 0 saturated heterocycles. The van der Waals surface area contributed by atoms with Gasteiger partial charge in [0.1, 0.15) is 5.78 Å². The van der Waals surface area contributed by atoms with Crippen LogP contribution in [-0.4, -0.2) is 22.6 Å². The summed E-state index contributed by atoms with van der Waals surface area (Å²) in [7, 11) is 0. The van der Waals surface area contributed by atoms with Crippen molar-refractivity contribution >= 4 is 34.8 Å². The molecule has 0 heterocycles. The molecule has 0 aromatic heterocycles. The average Bonchev–Trinajstić information content (AvgIpc) is 2.63. The number of aromatic carboxylic acids is 1. The summed E-state index contributed by atoms with van der Waals surface area (Å²) in [6.07, 6.45) is 1.17. The predicted octanol–water partition coefficient (Wildman–Crippen LogP) is 3.11. The van der Waals surface area contributed by atoms with E-state index in [1.807, 2.05) is 6.92 Å². The van der Waals surface area contributed by atoms with E-state index in [0.717, 1.165) is 5.71 Å². The highest BCUT2D eigenvalue weighted by Crippen LogP contribution is 2.29. The highest BCUT2D eigenvalue weighted by atomic mass is 35.5. The molecule has 1 unspecified atom stereocenters. The van der Waals surface area contributed by atoms with Crippen LogP contribution in [0.4, 0.5) is 5.69 Å². The molecule has 0 radical (unpaired) electrons. The Morgan fingerprint density at radius 1 is 1.44 bits per heavy atom. The average molecular weight is 266 g/mol. The number of halogens is 1. The van der Waals surface area contributed by atoms with Gasteiger partial charge in [-0.1, -0.05) is 18.5 Å². The Labute approximate surface area is 109 Å². The first kappa shape index (κ1) is 12.8. The van der Waals surface area contributed by atoms with Gasteiger partial charge in [0.25, 0.3) is 0 Å². The molecule has 1 aromatic rings. The lowest BCUT2D eigenvalue weighted by Gasteiger charge is -2.04. The standard InChI is InChI=1S/C13H12ClNO3/c1-7-10(4-5-12(7)16)15-11-3-2-8(13(17)18)6-9(11)14/h2-3,6-7H,4-5H2,1H3,(H,17,18). The number of benzene rings is 1. The molecular weight excluding hydrogens is 254 g/mol. The van der Waals surface area contributed by atoms with E-state index in [4.69, 9.17) is 16.7 Å². The van der Waals surface area contributed by atoms with Crippen LogP contribution < -0.4 is 0 Å². The van der Waals surface area contributed by atoms with Crippen molar-refractivity contribution in [1.82, 2.24) is 0 Å². The molecule has 0 spiro atoms. The fourth-order valence-electron chi connectivity index (χ4n) is 1.91. The normalized spacial score (nSPS) is 21.6. The molecule has 0 aliphatic heterocycles. The maximum Gasteiger partial charge on any atom is 0.335 e. The Kier molecular flexibility index (Phi) is 3.48. The zero-order chi connectivity index (χ0) is 13.3. The van der Waals surface area contributed by atoms with Crippen molar-refractivity contribution in [3.05, 3.63) is 28.8 Å². The van der Waals surface area contributed by atoms with Gasteiger partial charge >= 0.3 is 5.97 Å².